The smallest absolute Gasteiger partial charge is 0.356 e. The van der Waals surface area contributed by atoms with Gasteiger partial charge in [-0.3, -0.25) is 29.8 Å². The third kappa shape index (κ3) is 9.14. The van der Waals surface area contributed by atoms with E-state index < -0.39 is 35.6 Å². The molecule has 0 aliphatic carbocycles. The molecule has 0 aromatic carbocycles. The third-order valence-electron chi connectivity index (χ3n) is 5.07. The summed E-state index contributed by atoms with van der Waals surface area (Å²) in [6.45, 7) is 0.153. The standard InChI is InChI=1S/C27H23Cl2N5O8/c28-12-4-14-41-26(39)20-10-2-8-18(31-20)24(37)33-22(35)16-6-1-7-17(30-16)23(36)34-25(38)19-9-3-11-21(32-19)27(40)42-15-5-13-29/h1-3,6-11H,4-5,12-15H2,(H,33,35,37)(H,34,36,38). The molecule has 3 aromatic rings. The average molecular weight is 616 g/mol. The fourth-order valence-corrected chi connectivity index (χ4v) is 3.30. The van der Waals surface area contributed by atoms with E-state index in [2.05, 4.69) is 25.6 Å². The Bertz CT molecular complexity index is 1390. The Hall–Kier alpha value is -4.75. The van der Waals surface area contributed by atoms with E-state index in [1.165, 1.54) is 54.6 Å². The van der Waals surface area contributed by atoms with Gasteiger partial charge in [-0.25, -0.2) is 24.5 Å². The molecule has 0 saturated heterocycles. The number of imide groups is 2. The molecule has 0 aliphatic rings. The van der Waals surface area contributed by atoms with Crippen molar-refractivity contribution in [3.05, 3.63) is 88.8 Å². The molecular formula is C27H23Cl2N5O8. The largest absolute Gasteiger partial charge is 0.461 e. The Balaban J connectivity index is 1.63. The van der Waals surface area contributed by atoms with Crippen LogP contribution in [0.2, 0.25) is 0 Å². The number of aromatic nitrogens is 3. The fourth-order valence-electron chi connectivity index (χ4n) is 3.09. The predicted molar refractivity (Wildman–Crippen MR) is 148 cm³/mol. The molecule has 3 rings (SSSR count). The van der Waals surface area contributed by atoms with Gasteiger partial charge in [-0.15, -0.1) is 23.2 Å². The van der Waals surface area contributed by atoms with Gasteiger partial charge < -0.3 is 9.47 Å². The maximum Gasteiger partial charge on any atom is 0.356 e. The number of hydrogen-bond donors (Lipinski definition) is 2. The van der Waals surface area contributed by atoms with Crippen molar-refractivity contribution in [1.82, 2.24) is 25.6 Å². The van der Waals surface area contributed by atoms with Crippen LogP contribution in [0.15, 0.2) is 54.6 Å². The molecule has 0 fully saturated rings. The number of nitrogens with zero attached hydrogens (tertiary/aromatic N) is 3. The lowest BCUT2D eigenvalue weighted by Gasteiger charge is -2.08. The zero-order chi connectivity index (χ0) is 30.5. The van der Waals surface area contributed by atoms with Crippen LogP contribution in [0.4, 0.5) is 0 Å². The van der Waals surface area contributed by atoms with Gasteiger partial charge in [-0.05, 0) is 49.2 Å². The number of amides is 4. The van der Waals surface area contributed by atoms with Crippen molar-refractivity contribution in [2.45, 2.75) is 12.8 Å². The molecule has 0 saturated carbocycles. The summed E-state index contributed by atoms with van der Waals surface area (Å²) in [5, 5.41) is 4.13. The first kappa shape index (κ1) is 31.8. The SMILES string of the molecule is O=C(NC(=O)c1cccc(C(=O)OCCCCl)n1)c1cccc(C(=O)NC(=O)c2cccc(C(=O)OCCCCl)n2)n1. The van der Waals surface area contributed by atoms with Gasteiger partial charge in [-0.1, -0.05) is 18.2 Å². The van der Waals surface area contributed by atoms with Crippen LogP contribution in [-0.4, -0.2) is 75.5 Å². The van der Waals surface area contributed by atoms with Crippen molar-refractivity contribution in [2.24, 2.45) is 0 Å². The van der Waals surface area contributed by atoms with Gasteiger partial charge >= 0.3 is 11.9 Å². The molecule has 3 heterocycles. The fraction of sp³-hybridized carbons (Fsp3) is 0.222. The molecule has 42 heavy (non-hydrogen) atoms. The van der Waals surface area contributed by atoms with Gasteiger partial charge in [0.2, 0.25) is 0 Å². The van der Waals surface area contributed by atoms with Crippen LogP contribution in [0.3, 0.4) is 0 Å². The van der Waals surface area contributed by atoms with Crippen molar-refractivity contribution in [3.63, 3.8) is 0 Å². The summed E-state index contributed by atoms with van der Waals surface area (Å²) in [5.41, 5.74) is -1.41. The Morgan fingerprint density at radius 2 is 0.810 bits per heavy atom. The number of halogens is 2. The number of nitrogens with one attached hydrogen (secondary N) is 2. The summed E-state index contributed by atoms with van der Waals surface area (Å²) in [6, 6.07) is 11.8. The van der Waals surface area contributed by atoms with Crippen molar-refractivity contribution in [1.29, 1.82) is 0 Å². The van der Waals surface area contributed by atoms with Crippen molar-refractivity contribution in [3.8, 4) is 0 Å². The molecule has 2 N–H and O–H groups in total. The van der Waals surface area contributed by atoms with Crippen LogP contribution >= 0.6 is 23.2 Å². The third-order valence-corrected chi connectivity index (χ3v) is 5.61. The molecule has 0 radical (unpaired) electrons. The zero-order valence-corrected chi connectivity index (χ0v) is 23.3. The minimum atomic E-state index is -0.972. The highest BCUT2D eigenvalue weighted by Gasteiger charge is 2.20. The van der Waals surface area contributed by atoms with Crippen LogP contribution in [0.25, 0.3) is 0 Å². The quantitative estimate of drug-likeness (QED) is 0.132. The van der Waals surface area contributed by atoms with E-state index >= 15 is 0 Å². The van der Waals surface area contributed by atoms with Gasteiger partial charge in [0, 0.05) is 11.8 Å². The monoisotopic (exact) mass is 615 g/mol. The highest BCUT2D eigenvalue weighted by atomic mass is 35.5. The van der Waals surface area contributed by atoms with Crippen LogP contribution in [-0.2, 0) is 9.47 Å². The topological polar surface area (TPSA) is 184 Å². The lowest BCUT2D eigenvalue weighted by atomic mass is 10.2. The van der Waals surface area contributed by atoms with Crippen LogP contribution in [0.5, 0.6) is 0 Å². The number of alkyl halides is 2. The minimum absolute atomic E-state index is 0.0765. The number of pyridine rings is 3. The van der Waals surface area contributed by atoms with Gasteiger partial charge in [-0.2, -0.15) is 0 Å². The molecule has 15 heteroatoms. The van der Waals surface area contributed by atoms with E-state index in [4.69, 9.17) is 32.7 Å². The molecule has 4 amide bonds. The number of carbonyl (C=O) groups excluding carboxylic acids is 6. The van der Waals surface area contributed by atoms with Crippen molar-refractivity contribution in [2.75, 3.05) is 25.0 Å². The average Bonchev–Trinajstić information content (AvgIpc) is 3.01. The Labute approximate surface area is 248 Å². The van der Waals surface area contributed by atoms with E-state index in [1.54, 1.807) is 0 Å². The van der Waals surface area contributed by atoms with Gasteiger partial charge in [0.25, 0.3) is 23.6 Å². The maximum atomic E-state index is 12.6. The molecule has 13 nitrogen and oxygen atoms in total. The van der Waals surface area contributed by atoms with E-state index in [0.29, 0.717) is 24.6 Å². The van der Waals surface area contributed by atoms with Crippen LogP contribution in [0, 0.1) is 0 Å². The first-order valence-electron chi connectivity index (χ1n) is 12.3. The lowest BCUT2D eigenvalue weighted by molar-refractivity contribution is 0.0489. The van der Waals surface area contributed by atoms with E-state index in [9.17, 15) is 28.8 Å². The molecule has 0 unspecified atom stereocenters. The van der Waals surface area contributed by atoms with Crippen LogP contribution in [0.1, 0.15) is 75.8 Å². The summed E-state index contributed by atoms with van der Waals surface area (Å²) < 4.78 is 9.99. The lowest BCUT2D eigenvalue weighted by Crippen LogP contribution is -2.34. The first-order chi connectivity index (χ1) is 20.2. The summed E-state index contributed by atoms with van der Waals surface area (Å²) in [4.78, 5) is 86.3. The number of esters is 2. The second kappa shape index (κ2) is 15.9. The Morgan fingerprint density at radius 1 is 0.524 bits per heavy atom. The number of rotatable bonds is 12. The summed E-state index contributed by atoms with van der Waals surface area (Å²) in [6.07, 6.45) is 0.882. The Morgan fingerprint density at radius 3 is 1.12 bits per heavy atom. The molecular weight excluding hydrogens is 593 g/mol. The number of hydrogen-bond acceptors (Lipinski definition) is 11. The van der Waals surface area contributed by atoms with E-state index in [1.807, 2.05) is 0 Å². The first-order valence-corrected chi connectivity index (χ1v) is 13.4. The second-order valence-corrected chi connectivity index (χ2v) is 8.90. The zero-order valence-electron chi connectivity index (χ0n) is 21.8. The minimum Gasteiger partial charge on any atom is -0.461 e. The maximum absolute atomic E-state index is 12.6. The summed E-state index contributed by atoms with van der Waals surface area (Å²) in [7, 11) is 0. The molecule has 0 spiro atoms. The molecule has 218 valence electrons. The summed E-state index contributed by atoms with van der Waals surface area (Å²) in [5.74, 6) is -4.74. The molecule has 0 atom stereocenters. The number of carbonyl (C=O) groups is 6. The second-order valence-electron chi connectivity index (χ2n) is 8.15. The normalized spacial score (nSPS) is 10.3. The van der Waals surface area contributed by atoms with Crippen LogP contribution < -0.4 is 10.6 Å². The van der Waals surface area contributed by atoms with E-state index in [0.717, 1.165) is 0 Å². The van der Waals surface area contributed by atoms with E-state index in [-0.39, 0.29) is 47.4 Å². The van der Waals surface area contributed by atoms with Crippen molar-refractivity contribution < 1.29 is 38.2 Å². The number of ether oxygens (including phenoxy) is 2. The predicted octanol–water partition coefficient (Wildman–Crippen LogP) is 2.58. The molecule has 3 aromatic heterocycles. The highest BCUT2D eigenvalue weighted by molar-refractivity contribution is 6.18. The highest BCUT2D eigenvalue weighted by Crippen LogP contribution is 2.06. The summed E-state index contributed by atoms with van der Waals surface area (Å²) >= 11 is 11.1. The van der Waals surface area contributed by atoms with Gasteiger partial charge in [0.15, 0.2) is 0 Å². The van der Waals surface area contributed by atoms with Crippen molar-refractivity contribution >= 4 is 58.8 Å². The van der Waals surface area contributed by atoms with Gasteiger partial charge in [0.1, 0.15) is 34.2 Å². The van der Waals surface area contributed by atoms with Gasteiger partial charge in [0.05, 0.1) is 13.2 Å². The Kier molecular flexibility index (Phi) is 12.0. The molecule has 0 bridgehead atoms. The molecule has 0 aliphatic heterocycles.